The minimum absolute atomic E-state index is 0.121. The van der Waals surface area contributed by atoms with Gasteiger partial charge in [0.2, 0.25) is 0 Å². The minimum Gasteiger partial charge on any atom is -0.490 e. The number of esters is 1. The molecule has 0 bridgehead atoms. The highest BCUT2D eigenvalue weighted by Gasteiger charge is 2.22. The molecule has 296 valence electrons. The fourth-order valence-corrected chi connectivity index (χ4v) is 6.51. The average Bonchev–Trinajstić information content (AvgIpc) is 3.17. The van der Waals surface area contributed by atoms with E-state index in [0.717, 1.165) is 129 Å². The number of unbranched alkanes of at least 4 members (excludes halogenated alkanes) is 10. The van der Waals surface area contributed by atoms with Crippen LogP contribution in [0.2, 0.25) is 0 Å². The number of benzene rings is 4. The van der Waals surface area contributed by atoms with Gasteiger partial charge in [-0.15, -0.1) is 0 Å². The van der Waals surface area contributed by atoms with Crippen LogP contribution in [0.5, 0.6) is 34.5 Å². The van der Waals surface area contributed by atoms with E-state index >= 15 is 0 Å². The summed E-state index contributed by atoms with van der Waals surface area (Å²) in [6.45, 7) is 13.5. The molecule has 4 rings (SSSR count). The van der Waals surface area contributed by atoms with Crippen molar-refractivity contribution >= 4 is 55.1 Å². The van der Waals surface area contributed by atoms with Crippen LogP contribution in [0.1, 0.15) is 131 Å². The zero-order chi connectivity index (χ0) is 38.7. The Labute approximate surface area is 327 Å². The molecule has 54 heavy (non-hydrogen) atoms. The monoisotopic (exact) mass is 764 g/mol. The lowest BCUT2D eigenvalue weighted by Gasteiger charge is -2.20. The van der Waals surface area contributed by atoms with Gasteiger partial charge in [0, 0.05) is 0 Å². The van der Waals surface area contributed by atoms with E-state index in [1.165, 1.54) is 0 Å². The third-order valence-corrected chi connectivity index (χ3v) is 9.67. The molecule has 0 N–H and O–H groups in total. The van der Waals surface area contributed by atoms with Crippen LogP contribution in [-0.4, -0.2) is 44.2 Å². The van der Waals surface area contributed by atoms with Gasteiger partial charge in [-0.3, -0.25) is 4.79 Å². The summed E-state index contributed by atoms with van der Waals surface area (Å²) in [5.41, 5.74) is 0. The fraction of sp³-hybridized carbons (Fsp3) is 0.556. The Morgan fingerprint density at radius 1 is 0.389 bits per heavy atom. The molecule has 0 heterocycles. The fourth-order valence-electron chi connectivity index (χ4n) is 6.47. The van der Waals surface area contributed by atoms with E-state index in [0.29, 0.717) is 61.8 Å². The van der Waals surface area contributed by atoms with E-state index < -0.39 is 11.2 Å². The van der Waals surface area contributed by atoms with Crippen LogP contribution in [-0.2, 0) is 9.59 Å². The molecule has 8 nitrogen and oxygen atoms in total. The molecule has 0 unspecified atom stereocenters. The number of ether oxygens (including phenoxy) is 6. The third-order valence-electron chi connectivity index (χ3n) is 9.51. The topological polar surface area (TPSA) is 89.5 Å². The molecule has 0 radical (unpaired) electrons. The highest BCUT2D eigenvalue weighted by atomic mass is 35.5. The second kappa shape index (κ2) is 23.1. The molecule has 0 spiro atoms. The van der Waals surface area contributed by atoms with Gasteiger partial charge < -0.3 is 28.4 Å². The van der Waals surface area contributed by atoms with Crippen LogP contribution in [0.4, 0.5) is 0 Å². The van der Waals surface area contributed by atoms with Gasteiger partial charge in [-0.2, -0.15) is 0 Å². The minimum atomic E-state index is -1.21. The van der Waals surface area contributed by atoms with Crippen molar-refractivity contribution in [2.24, 2.45) is 0 Å². The van der Waals surface area contributed by atoms with E-state index in [2.05, 4.69) is 52.8 Å². The first-order valence-corrected chi connectivity index (χ1v) is 20.8. The van der Waals surface area contributed by atoms with Crippen molar-refractivity contribution in [1.29, 1.82) is 0 Å². The van der Waals surface area contributed by atoms with E-state index in [4.69, 9.17) is 40.0 Å². The molecule has 0 saturated heterocycles. The van der Waals surface area contributed by atoms with Gasteiger partial charge in [-0.05, 0) is 112 Å². The normalized spacial score (nSPS) is 11.3. The van der Waals surface area contributed by atoms with Crippen LogP contribution in [0.3, 0.4) is 0 Å². The Hall–Kier alpha value is -3.91. The molecule has 0 aliphatic heterocycles. The van der Waals surface area contributed by atoms with Crippen molar-refractivity contribution in [3.63, 3.8) is 0 Å². The Morgan fingerprint density at radius 2 is 0.611 bits per heavy atom. The summed E-state index contributed by atoms with van der Waals surface area (Å²) >= 11 is 5.57. The number of hydrogen-bond donors (Lipinski definition) is 0. The van der Waals surface area contributed by atoms with Crippen LogP contribution >= 0.6 is 11.6 Å². The van der Waals surface area contributed by atoms with Gasteiger partial charge in [-0.25, -0.2) is 4.79 Å². The molecule has 4 aromatic rings. The summed E-state index contributed by atoms with van der Waals surface area (Å²) in [4.78, 5) is 24.5. The molecule has 0 atom stereocenters. The molecule has 0 aromatic heterocycles. The third kappa shape index (κ3) is 12.0. The molecule has 0 fully saturated rings. The SMILES string of the molecule is CCCCCOc1cc2c3cc(OCCCCC)c(OCCCCC)cc3c3cc(OC(=O)C(=O)Cl)c(OCCCCC)cc3c2cc1OCCCCC. The van der Waals surface area contributed by atoms with Gasteiger partial charge in [0.1, 0.15) is 0 Å². The molecular weight excluding hydrogens is 704 g/mol. The van der Waals surface area contributed by atoms with Crippen molar-refractivity contribution in [3.05, 3.63) is 36.4 Å². The molecule has 0 amide bonds. The first-order chi connectivity index (χ1) is 26.4. The highest BCUT2D eigenvalue weighted by molar-refractivity contribution is 6.80. The summed E-state index contributed by atoms with van der Waals surface area (Å²) < 4.78 is 37.7. The van der Waals surface area contributed by atoms with Crippen molar-refractivity contribution in [2.75, 3.05) is 33.0 Å². The van der Waals surface area contributed by atoms with Gasteiger partial charge in [-0.1, -0.05) is 98.8 Å². The van der Waals surface area contributed by atoms with Crippen molar-refractivity contribution in [3.8, 4) is 34.5 Å². The van der Waals surface area contributed by atoms with E-state index in [1.54, 1.807) is 6.07 Å². The second-order valence-electron chi connectivity index (χ2n) is 14.0. The first-order valence-electron chi connectivity index (χ1n) is 20.5. The Kier molecular flexibility index (Phi) is 18.3. The molecule has 9 heteroatoms. The van der Waals surface area contributed by atoms with Gasteiger partial charge in [0.15, 0.2) is 34.5 Å². The average molecular weight is 765 g/mol. The van der Waals surface area contributed by atoms with Gasteiger partial charge >= 0.3 is 11.2 Å². The zero-order valence-electron chi connectivity index (χ0n) is 33.3. The number of carbonyl (C=O) groups excluding carboxylic acids is 2. The lowest BCUT2D eigenvalue weighted by molar-refractivity contribution is -0.143. The van der Waals surface area contributed by atoms with Gasteiger partial charge in [0.25, 0.3) is 0 Å². The predicted molar refractivity (Wildman–Crippen MR) is 221 cm³/mol. The van der Waals surface area contributed by atoms with E-state index in [1.807, 2.05) is 12.1 Å². The molecule has 0 saturated carbocycles. The maximum atomic E-state index is 12.6. The van der Waals surface area contributed by atoms with Gasteiger partial charge in [0.05, 0.1) is 33.0 Å². The summed E-state index contributed by atoms with van der Waals surface area (Å²) in [5.74, 6) is 2.00. The predicted octanol–water partition coefficient (Wildman–Crippen LogP) is 12.7. The molecule has 0 aliphatic carbocycles. The number of rotatable bonds is 27. The van der Waals surface area contributed by atoms with E-state index in [-0.39, 0.29) is 5.75 Å². The largest absolute Gasteiger partial charge is 0.490 e. The summed E-state index contributed by atoms with van der Waals surface area (Å²) in [5, 5.41) is 4.10. The number of fused-ring (bicyclic) bond motifs is 6. The van der Waals surface area contributed by atoms with Crippen molar-refractivity contribution < 1.29 is 38.0 Å². The summed E-state index contributed by atoms with van der Waals surface area (Å²) in [6, 6.07) is 11.9. The van der Waals surface area contributed by atoms with Crippen molar-refractivity contribution in [2.45, 2.75) is 131 Å². The lowest BCUT2D eigenvalue weighted by Crippen LogP contribution is -2.15. The Balaban J connectivity index is 2.04. The summed E-state index contributed by atoms with van der Waals surface area (Å²) in [6.07, 6.45) is 15.2. The molecule has 4 aromatic carbocycles. The standard InChI is InChI=1S/C45H61ClO8/c1-6-11-16-21-49-38-26-32-33-27-39(50-22-17-12-7-2)41(52-24-19-14-9-4)29-35(33)37-31-43(54-45(48)44(46)47)42(53-25-20-15-10-5)30-36(37)34(32)28-40(38)51-23-18-13-8-3/h26-31H,6-25H2,1-5H3. The highest BCUT2D eigenvalue weighted by Crippen LogP contribution is 2.47. The zero-order valence-corrected chi connectivity index (χ0v) is 34.0. The lowest BCUT2D eigenvalue weighted by atomic mass is 9.93. The first kappa shape index (κ1) is 42.8. The van der Waals surface area contributed by atoms with E-state index in [9.17, 15) is 9.59 Å². The molecular formula is C45H61ClO8. The maximum absolute atomic E-state index is 12.6. The van der Waals surface area contributed by atoms with Crippen LogP contribution < -0.4 is 28.4 Å². The second-order valence-corrected chi connectivity index (χ2v) is 14.3. The van der Waals surface area contributed by atoms with Crippen molar-refractivity contribution in [1.82, 2.24) is 0 Å². The maximum Gasteiger partial charge on any atom is 0.396 e. The number of hydrogen-bond acceptors (Lipinski definition) is 8. The smallest absolute Gasteiger partial charge is 0.396 e. The Morgan fingerprint density at radius 3 is 0.833 bits per heavy atom. The summed E-state index contributed by atoms with van der Waals surface area (Å²) in [7, 11) is 0. The number of carbonyl (C=O) groups is 2. The Bertz CT molecular complexity index is 1750. The molecule has 0 aliphatic rings. The number of halogens is 1. The van der Waals surface area contributed by atoms with Crippen LogP contribution in [0, 0.1) is 0 Å². The van der Waals surface area contributed by atoms with Crippen LogP contribution in [0.25, 0.3) is 32.3 Å². The van der Waals surface area contributed by atoms with Crippen LogP contribution in [0.15, 0.2) is 36.4 Å². The quantitative estimate of drug-likeness (QED) is 0.0148.